The minimum atomic E-state index is 0.706. The van der Waals surface area contributed by atoms with Crippen LogP contribution in [0.5, 0.6) is 0 Å². The van der Waals surface area contributed by atoms with Gasteiger partial charge in [0, 0.05) is 37.5 Å². The van der Waals surface area contributed by atoms with Crippen LogP contribution in [-0.2, 0) is 11.3 Å². The molecule has 1 aliphatic heterocycles. The van der Waals surface area contributed by atoms with Gasteiger partial charge >= 0.3 is 0 Å². The molecule has 0 saturated carbocycles. The monoisotopic (exact) mass is 266 g/mol. The van der Waals surface area contributed by atoms with Gasteiger partial charge in [0.1, 0.15) is 0 Å². The number of rotatable bonds is 4. The number of halogens is 1. The lowest BCUT2D eigenvalue weighted by atomic mass is 10.1. The number of nitrogen functional groups attached to an aromatic ring is 1. The van der Waals surface area contributed by atoms with Crippen LogP contribution in [0.2, 0.25) is 5.02 Å². The smallest absolute Gasteiger partial charge is 0.0673 e. The molecule has 98 valence electrons. The molecular weight excluding hydrogens is 248 g/mol. The zero-order chi connectivity index (χ0) is 13.0. The quantitative estimate of drug-likeness (QED) is 0.673. The third kappa shape index (κ3) is 3.73. The van der Waals surface area contributed by atoms with Crippen LogP contribution >= 0.6 is 11.6 Å². The van der Waals surface area contributed by atoms with Gasteiger partial charge in [-0.1, -0.05) is 17.7 Å². The number of hydrogen-bond acceptors (Lipinski definition) is 3. The van der Waals surface area contributed by atoms with E-state index in [-0.39, 0.29) is 0 Å². The van der Waals surface area contributed by atoms with Crippen LogP contribution in [0.4, 0.5) is 5.69 Å². The fourth-order valence-electron chi connectivity index (χ4n) is 2.24. The molecule has 0 unspecified atom stereocenters. The molecule has 18 heavy (non-hydrogen) atoms. The van der Waals surface area contributed by atoms with E-state index >= 15 is 0 Å². The van der Waals surface area contributed by atoms with Crippen molar-refractivity contribution in [2.45, 2.75) is 13.0 Å². The van der Waals surface area contributed by atoms with Gasteiger partial charge in [-0.2, -0.15) is 0 Å². The van der Waals surface area contributed by atoms with Crippen LogP contribution in [0.1, 0.15) is 12.0 Å². The summed E-state index contributed by atoms with van der Waals surface area (Å²) in [5, 5.41) is 0.706. The Kier molecular flexibility index (Phi) is 4.64. The number of anilines is 1. The second kappa shape index (κ2) is 6.23. The van der Waals surface area contributed by atoms with Crippen molar-refractivity contribution in [3.63, 3.8) is 0 Å². The first-order valence-corrected chi connectivity index (χ1v) is 6.49. The lowest BCUT2D eigenvalue weighted by Gasteiger charge is -2.26. The summed E-state index contributed by atoms with van der Waals surface area (Å²) >= 11 is 6.01. The molecule has 1 aromatic rings. The van der Waals surface area contributed by atoms with E-state index in [1.807, 2.05) is 12.1 Å². The number of nitrogens with zero attached hydrogens (tertiary/aromatic N) is 1. The van der Waals surface area contributed by atoms with Crippen molar-refractivity contribution in [1.29, 1.82) is 0 Å². The number of ether oxygens (including phenoxy) is 1. The Balaban J connectivity index is 1.95. The third-order valence-corrected chi connectivity index (χ3v) is 3.32. The minimum absolute atomic E-state index is 0.706. The molecule has 1 aromatic carbocycles. The van der Waals surface area contributed by atoms with Crippen molar-refractivity contribution in [2.75, 3.05) is 32.5 Å². The number of methoxy groups -OCH3 is 1. The van der Waals surface area contributed by atoms with E-state index in [9.17, 15) is 0 Å². The lowest BCUT2D eigenvalue weighted by Crippen LogP contribution is -2.29. The maximum atomic E-state index is 6.01. The molecule has 0 fully saturated rings. The van der Waals surface area contributed by atoms with E-state index < -0.39 is 0 Å². The van der Waals surface area contributed by atoms with Crippen LogP contribution in [0.25, 0.3) is 0 Å². The standard InChI is InChI=1S/C14H19ClN2O/c1-18-10-11-2-4-17(5-3-11)9-12-6-13(15)8-14(16)7-12/h2,6-8H,3-5,9-10,16H2,1H3. The average Bonchev–Trinajstić information content (AvgIpc) is 2.31. The predicted molar refractivity (Wildman–Crippen MR) is 75.7 cm³/mol. The first-order valence-electron chi connectivity index (χ1n) is 6.11. The van der Waals surface area contributed by atoms with Gasteiger partial charge in [-0.3, -0.25) is 4.90 Å². The van der Waals surface area contributed by atoms with Crippen LogP contribution in [0.3, 0.4) is 0 Å². The van der Waals surface area contributed by atoms with Gasteiger partial charge in [0.05, 0.1) is 6.61 Å². The van der Waals surface area contributed by atoms with Gasteiger partial charge in [-0.15, -0.1) is 0 Å². The van der Waals surface area contributed by atoms with E-state index in [1.54, 1.807) is 13.2 Å². The summed E-state index contributed by atoms with van der Waals surface area (Å²) in [6.07, 6.45) is 3.32. The van der Waals surface area contributed by atoms with Crippen molar-refractivity contribution in [3.05, 3.63) is 40.4 Å². The summed E-state index contributed by atoms with van der Waals surface area (Å²) < 4.78 is 5.15. The summed E-state index contributed by atoms with van der Waals surface area (Å²) in [6.45, 7) is 3.66. The van der Waals surface area contributed by atoms with Crippen LogP contribution < -0.4 is 5.73 Å². The largest absolute Gasteiger partial charge is 0.399 e. The molecule has 0 aliphatic carbocycles. The third-order valence-electron chi connectivity index (χ3n) is 3.10. The number of nitrogens with two attached hydrogens (primary N) is 1. The minimum Gasteiger partial charge on any atom is -0.399 e. The van der Waals surface area contributed by atoms with Crippen molar-refractivity contribution in [2.24, 2.45) is 0 Å². The zero-order valence-electron chi connectivity index (χ0n) is 10.7. The van der Waals surface area contributed by atoms with E-state index in [1.165, 1.54) is 11.1 Å². The van der Waals surface area contributed by atoms with Crippen molar-refractivity contribution in [1.82, 2.24) is 4.90 Å². The van der Waals surface area contributed by atoms with Gasteiger partial charge in [0.25, 0.3) is 0 Å². The fourth-order valence-corrected chi connectivity index (χ4v) is 2.50. The maximum Gasteiger partial charge on any atom is 0.0673 e. The summed E-state index contributed by atoms with van der Waals surface area (Å²) in [6, 6.07) is 5.74. The SMILES string of the molecule is COCC1=CCN(Cc2cc(N)cc(Cl)c2)CC1. The topological polar surface area (TPSA) is 38.5 Å². The second-order valence-electron chi connectivity index (χ2n) is 4.67. The Hall–Kier alpha value is -1.03. The Morgan fingerprint density at radius 3 is 2.83 bits per heavy atom. The highest BCUT2D eigenvalue weighted by molar-refractivity contribution is 6.30. The van der Waals surface area contributed by atoms with Crippen LogP contribution in [0.15, 0.2) is 29.8 Å². The first kappa shape index (κ1) is 13.4. The van der Waals surface area contributed by atoms with Gasteiger partial charge in [-0.25, -0.2) is 0 Å². The van der Waals surface area contributed by atoms with E-state index in [2.05, 4.69) is 11.0 Å². The Bertz CT molecular complexity index is 425. The zero-order valence-corrected chi connectivity index (χ0v) is 11.4. The van der Waals surface area contributed by atoms with Gasteiger partial charge < -0.3 is 10.5 Å². The second-order valence-corrected chi connectivity index (χ2v) is 5.11. The molecule has 2 rings (SSSR count). The molecule has 0 saturated heterocycles. The lowest BCUT2D eigenvalue weighted by molar-refractivity contribution is 0.210. The summed E-state index contributed by atoms with van der Waals surface area (Å²) in [5.41, 5.74) is 9.08. The average molecular weight is 267 g/mol. The normalized spacial score (nSPS) is 16.7. The van der Waals surface area contributed by atoms with Crippen LogP contribution in [0, 0.1) is 0 Å². The highest BCUT2D eigenvalue weighted by Crippen LogP contribution is 2.19. The highest BCUT2D eigenvalue weighted by Gasteiger charge is 2.12. The number of hydrogen-bond donors (Lipinski definition) is 1. The molecule has 0 spiro atoms. The van der Waals surface area contributed by atoms with Crippen molar-refractivity contribution < 1.29 is 4.74 Å². The van der Waals surface area contributed by atoms with E-state index in [0.29, 0.717) is 5.02 Å². The summed E-state index contributed by atoms with van der Waals surface area (Å²) in [4.78, 5) is 2.38. The molecule has 0 amide bonds. The molecule has 1 heterocycles. The molecule has 0 aromatic heterocycles. The maximum absolute atomic E-state index is 6.01. The molecule has 0 bridgehead atoms. The molecule has 0 atom stereocenters. The van der Waals surface area contributed by atoms with E-state index in [4.69, 9.17) is 22.1 Å². The Morgan fingerprint density at radius 1 is 1.39 bits per heavy atom. The Labute approximate surface area is 113 Å². The van der Waals surface area contributed by atoms with Crippen molar-refractivity contribution in [3.8, 4) is 0 Å². The molecule has 2 N–H and O–H groups in total. The molecule has 4 heteroatoms. The number of benzene rings is 1. The summed E-state index contributed by atoms with van der Waals surface area (Å²) in [7, 11) is 1.74. The molecule has 0 radical (unpaired) electrons. The summed E-state index contributed by atoms with van der Waals surface area (Å²) in [5.74, 6) is 0. The first-order chi connectivity index (χ1) is 8.67. The van der Waals surface area contributed by atoms with Gasteiger partial charge in [-0.05, 0) is 35.8 Å². The molecular formula is C14H19ClN2O. The molecule has 3 nitrogen and oxygen atoms in total. The van der Waals surface area contributed by atoms with Crippen LogP contribution in [-0.4, -0.2) is 31.7 Å². The van der Waals surface area contributed by atoms with Crippen molar-refractivity contribution >= 4 is 17.3 Å². The fraction of sp³-hybridized carbons (Fsp3) is 0.429. The molecule has 1 aliphatic rings. The Morgan fingerprint density at radius 2 is 2.22 bits per heavy atom. The van der Waals surface area contributed by atoms with Gasteiger partial charge in [0.15, 0.2) is 0 Å². The highest BCUT2D eigenvalue weighted by atomic mass is 35.5. The predicted octanol–water partition coefficient (Wildman–Crippen LogP) is 2.70. The van der Waals surface area contributed by atoms with Gasteiger partial charge in [0.2, 0.25) is 0 Å². The van der Waals surface area contributed by atoms with E-state index in [0.717, 1.165) is 38.3 Å².